The summed E-state index contributed by atoms with van der Waals surface area (Å²) in [5.74, 6) is 0. The van der Waals surface area contributed by atoms with E-state index in [0.29, 0.717) is 6.54 Å². The molecule has 0 radical (unpaired) electrons. The Balaban J connectivity index is 2.02. The molecule has 2 aromatic rings. The maximum atomic E-state index is 4.11. The van der Waals surface area contributed by atoms with Crippen LogP contribution in [0.4, 0.5) is 5.69 Å². The first-order chi connectivity index (χ1) is 7.25. The third-order valence-electron chi connectivity index (χ3n) is 2.16. The van der Waals surface area contributed by atoms with Crippen LogP contribution in [0.15, 0.2) is 24.7 Å². The molecular formula is C10H13N5. The summed E-state index contributed by atoms with van der Waals surface area (Å²) in [6, 6.07) is 2.05. The van der Waals surface area contributed by atoms with Crippen LogP contribution in [-0.2, 0) is 13.6 Å². The normalized spacial score (nSPS) is 10.3. The number of hydrogen-bond donors (Lipinski definition) is 1. The lowest BCUT2D eigenvalue weighted by Crippen LogP contribution is -2.05. The highest BCUT2D eigenvalue weighted by atomic mass is 15.4. The first-order valence-corrected chi connectivity index (χ1v) is 4.75. The van der Waals surface area contributed by atoms with Crippen LogP contribution in [0.25, 0.3) is 0 Å². The minimum absolute atomic E-state index is 0.703. The van der Waals surface area contributed by atoms with E-state index < -0.39 is 0 Å². The van der Waals surface area contributed by atoms with Gasteiger partial charge in [-0.25, -0.2) is 0 Å². The van der Waals surface area contributed by atoms with Crippen LogP contribution in [0.2, 0.25) is 0 Å². The summed E-state index contributed by atoms with van der Waals surface area (Å²) < 4.78 is 1.75. The van der Waals surface area contributed by atoms with Crippen molar-refractivity contribution in [2.45, 2.75) is 13.5 Å². The third kappa shape index (κ3) is 2.31. The molecule has 0 amide bonds. The molecule has 0 atom stereocenters. The second-order valence-electron chi connectivity index (χ2n) is 3.45. The van der Waals surface area contributed by atoms with Gasteiger partial charge in [-0.15, -0.1) is 5.10 Å². The smallest absolute Gasteiger partial charge is 0.0774 e. The Morgan fingerprint density at radius 2 is 2.20 bits per heavy atom. The van der Waals surface area contributed by atoms with Gasteiger partial charge in [-0.1, -0.05) is 5.21 Å². The quantitative estimate of drug-likeness (QED) is 0.812. The van der Waals surface area contributed by atoms with Crippen LogP contribution in [0.5, 0.6) is 0 Å². The first-order valence-electron chi connectivity index (χ1n) is 4.75. The molecule has 1 N–H and O–H groups in total. The lowest BCUT2D eigenvalue weighted by molar-refractivity contribution is 0.683. The predicted molar refractivity (Wildman–Crippen MR) is 57.3 cm³/mol. The van der Waals surface area contributed by atoms with E-state index in [2.05, 4.69) is 26.7 Å². The van der Waals surface area contributed by atoms with Crippen molar-refractivity contribution in [1.29, 1.82) is 0 Å². The predicted octanol–water partition coefficient (Wildman–Crippen LogP) is 1.13. The topological polar surface area (TPSA) is 55.6 Å². The number of rotatable bonds is 3. The molecule has 0 fully saturated rings. The van der Waals surface area contributed by atoms with E-state index in [1.807, 2.05) is 20.2 Å². The molecule has 0 aliphatic heterocycles. The second-order valence-corrected chi connectivity index (χ2v) is 3.45. The second kappa shape index (κ2) is 4.08. The summed E-state index contributed by atoms with van der Waals surface area (Å²) in [4.78, 5) is 4.11. The average molecular weight is 203 g/mol. The van der Waals surface area contributed by atoms with Gasteiger partial charge in [0, 0.05) is 19.4 Å². The zero-order valence-electron chi connectivity index (χ0n) is 8.81. The van der Waals surface area contributed by atoms with Crippen molar-refractivity contribution in [1.82, 2.24) is 20.0 Å². The van der Waals surface area contributed by atoms with Gasteiger partial charge < -0.3 is 5.32 Å². The maximum Gasteiger partial charge on any atom is 0.0774 e. The SMILES string of the molecule is Cc1cncc(NCc2cnnn2C)c1. The fourth-order valence-corrected chi connectivity index (χ4v) is 1.32. The zero-order valence-corrected chi connectivity index (χ0v) is 8.81. The van der Waals surface area contributed by atoms with E-state index >= 15 is 0 Å². The van der Waals surface area contributed by atoms with Crippen molar-refractivity contribution in [2.24, 2.45) is 7.05 Å². The van der Waals surface area contributed by atoms with Crippen molar-refractivity contribution in [3.63, 3.8) is 0 Å². The molecule has 0 aromatic carbocycles. The molecule has 5 nitrogen and oxygen atoms in total. The molecule has 0 bridgehead atoms. The summed E-state index contributed by atoms with van der Waals surface area (Å²) in [6.45, 7) is 2.72. The largest absolute Gasteiger partial charge is 0.378 e. The molecule has 0 saturated heterocycles. The molecule has 0 unspecified atom stereocenters. The van der Waals surface area contributed by atoms with Crippen LogP contribution in [0.3, 0.4) is 0 Å². The van der Waals surface area contributed by atoms with Gasteiger partial charge in [-0.3, -0.25) is 9.67 Å². The summed E-state index contributed by atoms with van der Waals surface area (Å²) in [6.07, 6.45) is 5.38. The number of aromatic nitrogens is 4. The van der Waals surface area contributed by atoms with Crippen molar-refractivity contribution in [3.05, 3.63) is 35.9 Å². The summed E-state index contributed by atoms with van der Waals surface area (Å²) in [7, 11) is 1.87. The minimum Gasteiger partial charge on any atom is -0.378 e. The van der Waals surface area contributed by atoms with Crippen molar-refractivity contribution in [2.75, 3.05) is 5.32 Å². The highest BCUT2D eigenvalue weighted by Gasteiger charge is 1.99. The van der Waals surface area contributed by atoms with Crippen LogP contribution < -0.4 is 5.32 Å². The zero-order chi connectivity index (χ0) is 10.7. The number of nitrogens with zero attached hydrogens (tertiary/aromatic N) is 4. The molecule has 0 aliphatic rings. The Labute approximate surface area is 88.1 Å². The van der Waals surface area contributed by atoms with Crippen LogP contribution in [-0.4, -0.2) is 20.0 Å². The summed E-state index contributed by atoms with van der Waals surface area (Å²) in [5.41, 5.74) is 3.19. The maximum absolute atomic E-state index is 4.11. The Morgan fingerprint density at radius 1 is 1.33 bits per heavy atom. The fourth-order valence-electron chi connectivity index (χ4n) is 1.32. The standard InChI is InChI=1S/C10H13N5/c1-8-3-9(5-11-4-8)12-6-10-7-13-14-15(10)2/h3-5,7,12H,6H2,1-2H3. The molecule has 2 aromatic heterocycles. The van der Waals surface area contributed by atoms with Crippen LogP contribution >= 0.6 is 0 Å². The lowest BCUT2D eigenvalue weighted by atomic mass is 10.3. The van der Waals surface area contributed by atoms with E-state index in [1.165, 1.54) is 0 Å². The number of aryl methyl sites for hydroxylation is 2. The van der Waals surface area contributed by atoms with E-state index in [1.54, 1.807) is 17.1 Å². The first kappa shape index (κ1) is 9.64. The molecule has 15 heavy (non-hydrogen) atoms. The van der Waals surface area contributed by atoms with Gasteiger partial charge in [0.05, 0.1) is 24.1 Å². The van der Waals surface area contributed by atoms with E-state index in [4.69, 9.17) is 0 Å². The molecule has 0 spiro atoms. The van der Waals surface area contributed by atoms with Crippen molar-refractivity contribution < 1.29 is 0 Å². The lowest BCUT2D eigenvalue weighted by Gasteiger charge is -2.05. The van der Waals surface area contributed by atoms with Gasteiger partial charge in [0.25, 0.3) is 0 Å². The van der Waals surface area contributed by atoms with Gasteiger partial charge in [0.1, 0.15) is 0 Å². The molecule has 0 saturated carbocycles. The Morgan fingerprint density at radius 3 is 2.87 bits per heavy atom. The Bertz CT molecular complexity index is 449. The number of anilines is 1. The molecule has 0 aliphatic carbocycles. The highest BCUT2D eigenvalue weighted by molar-refractivity contribution is 5.42. The van der Waals surface area contributed by atoms with Crippen LogP contribution in [0.1, 0.15) is 11.3 Å². The van der Waals surface area contributed by atoms with Gasteiger partial charge >= 0.3 is 0 Å². The van der Waals surface area contributed by atoms with Gasteiger partial charge in [-0.05, 0) is 18.6 Å². The van der Waals surface area contributed by atoms with Gasteiger partial charge in [0.2, 0.25) is 0 Å². The van der Waals surface area contributed by atoms with Crippen molar-refractivity contribution in [3.8, 4) is 0 Å². The van der Waals surface area contributed by atoms with E-state index in [-0.39, 0.29) is 0 Å². The molecular weight excluding hydrogens is 190 g/mol. The third-order valence-corrected chi connectivity index (χ3v) is 2.16. The van der Waals surface area contributed by atoms with Gasteiger partial charge in [0.15, 0.2) is 0 Å². The molecule has 78 valence electrons. The monoisotopic (exact) mass is 203 g/mol. The molecule has 2 heterocycles. The molecule has 2 rings (SSSR count). The van der Waals surface area contributed by atoms with E-state index in [9.17, 15) is 0 Å². The summed E-state index contributed by atoms with van der Waals surface area (Å²) in [5, 5.41) is 10.9. The number of nitrogens with one attached hydrogen (secondary N) is 1. The van der Waals surface area contributed by atoms with Gasteiger partial charge in [-0.2, -0.15) is 0 Å². The highest BCUT2D eigenvalue weighted by Crippen LogP contribution is 2.08. The minimum atomic E-state index is 0.703. The summed E-state index contributed by atoms with van der Waals surface area (Å²) >= 11 is 0. The number of pyridine rings is 1. The van der Waals surface area contributed by atoms with Crippen LogP contribution in [0, 0.1) is 6.92 Å². The Hall–Kier alpha value is -1.91. The van der Waals surface area contributed by atoms with E-state index in [0.717, 1.165) is 16.9 Å². The average Bonchev–Trinajstić information content (AvgIpc) is 2.61. The van der Waals surface area contributed by atoms with Crippen molar-refractivity contribution >= 4 is 5.69 Å². The molecule has 5 heteroatoms. The fraction of sp³-hybridized carbons (Fsp3) is 0.300. The number of hydrogen-bond acceptors (Lipinski definition) is 4. The Kier molecular flexibility index (Phi) is 2.62.